The quantitative estimate of drug-likeness (QED) is 0.667. The van der Waals surface area contributed by atoms with Crippen molar-refractivity contribution in [3.05, 3.63) is 59.4 Å². The van der Waals surface area contributed by atoms with E-state index in [0.717, 1.165) is 15.7 Å². The monoisotopic (exact) mass is 417 g/mol. The number of hydrogen-bond donors (Lipinski definition) is 1. The molecule has 8 heteroatoms. The summed E-state index contributed by atoms with van der Waals surface area (Å²) >= 11 is 0. The van der Waals surface area contributed by atoms with E-state index in [4.69, 9.17) is 4.74 Å². The molecule has 0 unspecified atom stereocenters. The number of hydrogen-bond acceptors (Lipinski definition) is 3. The van der Waals surface area contributed by atoms with Crippen LogP contribution in [0.5, 0.6) is 5.75 Å². The van der Waals surface area contributed by atoms with Gasteiger partial charge in [0.2, 0.25) is 11.7 Å². The minimum absolute atomic E-state index is 0.207. The summed E-state index contributed by atoms with van der Waals surface area (Å²) in [7, 11) is 0. The molecule has 4 rings (SSSR count). The first-order chi connectivity index (χ1) is 14.0. The van der Waals surface area contributed by atoms with Gasteiger partial charge < -0.3 is 14.6 Å². The zero-order chi connectivity index (χ0) is 21.7. The third-order valence-corrected chi connectivity index (χ3v) is 5.17. The first kappa shape index (κ1) is 20.3. The smallest absolute Gasteiger partial charge is 0.449 e. The van der Waals surface area contributed by atoms with Crippen LogP contribution < -0.4 is 10.1 Å². The van der Waals surface area contributed by atoms with Crippen LogP contribution in [0.1, 0.15) is 43.3 Å². The number of alkyl halides is 3. The molecule has 0 saturated heterocycles. The molecular formula is C22H22F3N3O2. The number of carbonyl (C=O) groups is 1. The van der Waals surface area contributed by atoms with Gasteiger partial charge in [-0.25, -0.2) is 4.98 Å². The number of amides is 1. The average Bonchev–Trinajstić information content (AvgIpc) is 2.99. The third-order valence-electron chi connectivity index (χ3n) is 5.17. The van der Waals surface area contributed by atoms with Crippen molar-refractivity contribution < 1.29 is 22.7 Å². The van der Waals surface area contributed by atoms with E-state index in [2.05, 4.69) is 10.3 Å². The van der Waals surface area contributed by atoms with Crippen LogP contribution in [-0.2, 0) is 17.5 Å². The van der Waals surface area contributed by atoms with Gasteiger partial charge in [0.1, 0.15) is 17.9 Å². The first-order valence-electron chi connectivity index (χ1n) is 9.65. The van der Waals surface area contributed by atoms with Crippen molar-refractivity contribution in [1.29, 1.82) is 0 Å². The molecule has 0 aliphatic carbocycles. The number of carbonyl (C=O) groups excluding carboxylic acids is 1. The number of rotatable bonds is 3. The van der Waals surface area contributed by atoms with Crippen molar-refractivity contribution in [3.8, 4) is 5.75 Å². The van der Waals surface area contributed by atoms with Crippen molar-refractivity contribution in [2.24, 2.45) is 0 Å². The topological polar surface area (TPSA) is 56.2 Å². The first-order valence-corrected chi connectivity index (χ1v) is 9.65. The van der Waals surface area contributed by atoms with E-state index in [1.165, 1.54) is 6.07 Å². The summed E-state index contributed by atoms with van der Waals surface area (Å²) < 4.78 is 47.6. The second-order valence-electron chi connectivity index (χ2n) is 8.24. The lowest BCUT2D eigenvalue weighted by atomic mass is 9.89. The van der Waals surface area contributed by atoms with Gasteiger partial charge in [-0.2, -0.15) is 13.2 Å². The number of ether oxygens (including phenoxy) is 1. The highest BCUT2D eigenvalue weighted by atomic mass is 19.4. The maximum absolute atomic E-state index is 13.6. The van der Waals surface area contributed by atoms with Gasteiger partial charge in [0.05, 0.1) is 17.1 Å². The number of aromatic nitrogens is 2. The molecule has 0 bridgehead atoms. The maximum atomic E-state index is 13.6. The van der Waals surface area contributed by atoms with Gasteiger partial charge >= 0.3 is 6.18 Å². The second kappa shape index (κ2) is 7.04. The van der Waals surface area contributed by atoms with Gasteiger partial charge in [0.15, 0.2) is 0 Å². The number of imidazole rings is 1. The molecule has 1 atom stereocenters. The van der Waals surface area contributed by atoms with Gasteiger partial charge in [-0.3, -0.25) is 4.79 Å². The Labute approximate surface area is 171 Å². The van der Waals surface area contributed by atoms with Crippen molar-refractivity contribution in [2.75, 3.05) is 0 Å². The van der Waals surface area contributed by atoms with Crippen molar-refractivity contribution >= 4 is 16.9 Å². The standard InChI is InChI=1S/C22H22F3N3O2/c1-13-8-9-15-17(10-13)28(20(27-15)22(23,24)25)12-19(29)26-16-11-21(2,3)30-18-7-5-4-6-14(16)18/h4-10,16H,11-12H2,1-3H3,(H,26,29)/t16-/m0/s1. The molecule has 1 aromatic heterocycles. The lowest BCUT2D eigenvalue weighted by Gasteiger charge is -2.37. The summed E-state index contributed by atoms with van der Waals surface area (Å²) in [6, 6.07) is 11.8. The van der Waals surface area contributed by atoms with E-state index in [1.807, 2.05) is 38.1 Å². The Bertz CT molecular complexity index is 1120. The molecule has 3 aromatic rings. The Morgan fingerprint density at radius 3 is 2.73 bits per heavy atom. The maximum Gasteiger partial charge on any atom is 0.449 e. The van der Waals surface area contributed by atoms with Crippen molar-refractivity contribution in [3.63, 3.8) is 0 Å². The molecule has 1 aliphatic heterocycles. The van der Waals surface area contributed by atoms with E-state index in [0.29, 0.717) is 12.2 Å². The van der Waals surface area contributed by atoms with Crippen LogP contribution in [0.2, 0.25) is 0 Å². The normalized spacial score (nSPS) is 18.0. The van der Waals surface area contributed by atoms with E-state index < -0.39 is 30.1 Å². The SMILES string of the molecule is Cc1ccc2nc(C(F)(F)F)n(CC(=O)N[C@H]3CC(C)(C)Oc4ccccc43)c2c1. The molecule has 0 saturated carbocycles. The summed E-state index contributed by atoms with van der Waals surface area (Å²) in [4.78, 5) is 16.6. The van der Waals surface area contributed by atoms with E-state index in [9.17, 15) is 18.0 Å². The summed E-state index contributed by atoms with van der Waals surface area (Å²) in [5, 5.41) is 2.89. The number of nitrogens with one attached hydrogen (secondary N) is 1. The minimum atomic E-state index is -4.67. The Kier molecular flexibility index (Phi) is 4.75. The largest absolute Gasteiger partial charge is 0.487 e. The lowest BCUT2D eigenvalue weighted by Crippen LogP contribution is -2.42. The van der Waals surface area contributed by atoms with Crippen LogP contribution in [0.25, 0.3) is 11.0 Å². The van der Waals surface area contributed by atoms with Gasteiger partial charge in [-0.15, -0.1) is 0 Å². The molecular weight excluding hydrogens is 395 g/mol. The minimum Gasteiger partial charge on any atom is -0.487 e. The van der Waals surface area contributed by atoms with Crippen LogP contribution in [0, 0.1) is 6.92 Å². The second-order valence-corrected chi connectivity index (χ2v) is 8.24. The fourth-order valence-electron chi connectivity index (χ4n) is 3.92. The van der Waals surface area contributed by atoms with Crippen LogP contribution in [0.15, 0.2) is 42.5 Å². The van der Waals surface area contributed by atoms with Crippen LogP contribution in [-0.4, -0.2) is 21.1 Å². The van der Waals surface area contributed by atoms with E-state index >= 15 is 0 Å². The number of fused-ring (bicyclic) bond motifs is 2. The Balaban J connectivity index is 1.65. The molecule has 1 N–H and O–H groups in total. The predicted octanol–water partition coefficient (Wildman–Crippen LogP) is 4.78. The molecule has 1 aliphatic rings. The number of halogens is 3. The molecule has 2 aromatic carbocycles. The van der Waals surface area contributed by atoms with Crippen LogP contribution in [0.3, 0.4) is 0 Å². The molecule has 0 radical (unpaired) electrons. The molecule has 0 fully saturated rings. The van der Waals surface area contributed by atoms with Gasteiger partial charge in [0.25, 0.3) is 0 Å². The van der Waals surface area contributed by atoms with Crippen molar-refractivity contribution in [2.45, 2.75) is 51.6 Å². The molecule has 0 spiro atoms. The zero-order valence-electron chi connectivity index (χ0n) is 16.9. The fourth-order valence-corrected chi connectivity index (χ4v) is 3.92. The lowest BCUT2D eigenvalue weighted by molar-refractivity contribution is -0.147. The molecule has 158 valence electrons. The molecule has 5 nitrogen and oxygen atoms in total. The van der Waals surface area contributed by atoms with Crippen molar-refractivity contribution in [1.82, 2.24) is 14.9 Å². The fraction of sp³-hybridized carbons (Fsp3) is 0.364. The summed E-state index contributed by atoms with van der Waals surface area (Å²) in [6.07, 6.45) is -4.16. The molecule has 2 heterocycles. The average molecular weight is 417 g/mol. The highest BCUT2D eigenvalue weighted by Gasteiger charge is 2.39. The summed E-state index contributed by atoms with van der Waals surface area (Å²) in [5.41, 5.74) is 1.58. The van der Waals surface area contributed by atoms with Crippen LogP contribution in [0.4, 0.5) is 13.2 Å². The molecule has 1 amide bonds. The number of para-hydroxylation sites is 1. The van der Waals surface area contributed by atoms with Gasteiger partial charge in [-0.1, -0.05) is 24.3 Å². The molecule has 30 heavy (non-hydrogen) atoms. The summed E-state index contributed by atoms with van der Waals surface area (Å²) in [6.45, 7) is 5.13. The van der Waals surface area contributed by atoms with E-state index in [-0.39, 0.29) is 17.1 Å². The van der Waals surface area contributed by atoms with E-state index in [1.54, 1.807) is 19.1 Å². The Hall–Kier alpha value is -3.03. The van der Waals surface area contributed by atoms with Crippen LogP contribution >= 0.6 is 0 Å². The number of benzene rings is 2. The highest BCUT2D eigenvalue weighted by Crippen LogP contribution is 2.39. The van der Waals surface area contributed by atoms with Gasteiger partial charge in [-0.05, 0) is 44.5 Å². The third kappa shape index (κ3) is 3.86. The zero-order valence-corrected chi connectivity index (χ0v) is 16.9. The Morgan fingerprint density at radius 1 is 1.27 bits per heavy atom. The predicted molar refractivity (Wildman–Crippen MR) is 106 cm³/mol. The highest BCUT2D eigenvalue weighted by molar-refractivity contribution is 5.82. The number of aryl methyl sites for hydroxylation is 1. The number of nitrogens with zero attached hydrogens (tertiary/aromatic N) is 2. The summed E-state index contributed by atoms with van der Waals surface area (Å²) in [5.74, 6) is -0.927. The van der Waals surface area contributed by atoms with Gasteiger partial charge in [0, 0.05) is 12.0 Å². The Morgan fingerprint density at radius 2 is 2.00 bits per heavy atom.